The summed E-state index contributed by atoms with van der Waals surface area (Å²) in [6, 6.07) is 1.97. The van der Waals surface area contributed by atoms with Crippen LogP contribution in [-0.2, 0) is 0 Å². The standard InChI is InChI=1S/C12H15ClF2N2O.2ClH/c13-11-9(15)2-1-8(12(11)18)10(7-14)17-5-3-16-4-6-17;;/h1-2,10,16,18H,3-7H2;2*1H/t10-;;/m1../s1. The summed E-state index contributed by atoms with van der Waals surface area (Å²) in [6.45, 7) is 2.26. The van der Waals surface area contributed by atoms with Crippen molar-refractivity contribution in [2.45, 2.75) is 6.04 Å². The van der Waals surface area contributed by atoms with E-state index in [2.05, 4.69) is 5.32 Å². The molecular weight excluding hydrogens is 332 g/mol. The van der Waals surface area contributed by atoms with E-state index in [0.717, 1.165) is 19.2 Å². The summed E-state index contributed by atoms with van der Waals surface area (Å²) in [4.78, 5) is 1.92. The van der Waals surface area contributed by atoms with Gasteiger partial charge in [-0.3, -0.25) is 4.90 Å². The average molecular weight is 350 g/mol. The number of piperazine rings is 1. The number of aromatic hydroxyl groups is 1. The maximum absolute atomic E-state index is 13.2. The monoisotopic (exact) mass is 348 g/mol. The van der Waals surface area contributed by atoms with E-state index in [-0.39, 0.29) is 35.6 Å². The Morgan fingerprint density at radius 3 is 2.45 bits per heavy atom. The smallest absolute Gasteiger partial charge is 0.145 e. The van der Waals surface area contributed by atoms with Crippen molar-refractivity contribution in [2.24, 2.45) is 0 Å². The number of alkyl halides is 1. The number of hydrogen-bond acceptors (Lipinski definition) is 3. The average Bonchev–Trinajstić information content (AvgIpc) is 2.41. The molecule has 0 radical (unpaired) electrons. The Labute approximate surface area is 134 Å². The lowest BCUT2D eigenvalue weighted by atomic mass is 10.0. The number of nitrogens with one attached hydrogen (secondary N) is 1. The highest BCUT2D eigenvalue weighted by Crippen LogP contribution is 2.36. The second-order valence-corrected chi connectivity index (χ2v) is 4.63. The second kappa shape index (κ2) is 8.85. The van der Waals surface area contributed by atoms with Gasteiger partial charge in [0.15, 0.2) is 0 Å². The van der Waals surface area contributed by atoms with E-state index in [4.69, 9.17) is 11.6 Å². The number of rotatable bonds is 3. The second-order valence-electron chi connectivity index (χ2n) is 4.26. The van der Waals surface area contributed by atoms with Crippen LogP contribution < -0.4 is 5.32 Å². The van der Waals surface area contributed by atoms with Gasteiger partial charge < -0.3 is 10.4 Å². The summed E-state index contributed by atoms with van der Waals surface area (Å²) in [7, 11) is 0. The molecule has 1 aliphatic rings. The van der Waals surface area contributed by atoms with E-state index in [0.29, 0.717) is 18.7 Å². The number of phenols is 1. The molecule has 0 aliphatic carbocycles. The van der Waals surface area contributed by atoms with Gasteiger partial charge in [0.2, 0.25) is 0 Å². The molecule has 0 aromatic heterocycles. The largest absolute Gasteiger partial charge is 0.506 e. The van der Waals surface area contributed by atoms with E-state index >= 15 is 0 Å². The third-order valence-corrected chi connectivity index (χ3v) is 3.56. The number of phenolic OH excluding ortho intramolecular Hbond substituents is 1. The molecule has 0 spiro atoms. The molecular formula is C12H17Cl3F2N2O. The van der Waals surface area contributed by atoms with Crippen LogP contribution in [0, 0.1) is 5.82 Å². The van der Waals surface area contributed by atoms with Gasteiger partial charge in [-0.2, -0.15) is 0 Å². The normalized spacial score (nSPS) is 16.9. The van der Waals surface area contributed by atoms with Crippen LogP contribution in [-0.4, -0.2) is 42.9 Å². The summed E-state index contributed by atoms with van der Waals surface area (Å²) >= 11 is 5.64. The van der Waals surface area contributed by atoms with Crippen LogP contribution in [0.3, 0.4) is 0 Å². The highest BCUT2D eigenvalue weighted by molar-refractivity contribution is 6.32. The van der Waals surface area contributed by atoms with Crippen molar-refractivity contribution in [3.63, 3.8) is 0 Å². The van der Waals surface area contributed by atoms with Gasteiger partial charge in [0.1, 0.15) is 23.3 Å². The number of hydrogen-bond donors (Lipinski definition) is 2. The molecule has 1 atom stereocenters. The number of benzene rings is 1. The topological polar surface area (TPSA) is 35.5 Å². The number of halogens is 5. The Balaban J connectivity index is 0.00000180. The zero-order valence-electron chi connectivity index (χ0n) is 10.6. The van der Waals surface area contributed by atoms with Crippen LogP contribution in [0.4, 0.5) is 8.78 Å². The lowest BCUT2D eigenvalue weighted by molar-refractivity contribution is 0.145. The van der Waals surface area contributed by atoms with Crippen LogP contribution >= 0.6 is 36.4 Å². The fraction of sp³-hybridized carbons (Fsp3) is 0.500. The molecule has 2 N–H and O–H groups in total. The molecule has 1 fully saturated rings. The zero-order chi connectivity index (χ0) is 13.1. The van der Waals surface area contributed by atoms with Crippen molar-refractivity contribution < 1.29 is 13.9 Å². The van der Waals surface area contributed by atoms with E-state index in [1.165, 1.54) is 6.07 Å². The first-order valence-electron chi connectivity index (χ1n) is 5.82. The van der Waals surface area contributed by atoms with Gasteiger partial charge in [0.25, 0.3) is 0 Å². The summed E-state index contributed by atoms with van der Waals surface area (Å²) in [5.74, 6) is -1.06. The van der Waals surface area contributed by atoms with Crippen molar-refractivity contribution in [1.82, 2.24) is 10.2 Å². The molecule has 3 nitrogen and oxygen atoms in total. The molecule has 1 aromatic carbocycles. The minimum Gasteiger partial charge on any atom is -0.506 e. The van der Waals surface area contributed by atoms with Crippen molar-refractivity contribution in [1.29, 1.82) is 0 Å². The minimum absolute atomic E-state index is 0. The molecule has 1 aliphatic heterocycles. The predicted molar refractivity (Wildman–Crippen MR) is 80.7 cm³/mol. The Hall–Kier alpha value is -0.330. The maximum atomic E-state index is 13.2. The van der Waals surface area contributed by atoms with Crippen LogP contribution in [0.25, 0.3) is 0 Å². The quantitative estimate of drug-likeness (QED) is 0.881. The lowest BCUT2D eigenvalue weighted by Gasteiger charge is -2.34. The van der Waals surface area contributed by atoms with Gasteiger partial charge in [-0.1, -0.05) is 17.7 Å². The molecule has 1 heterocycles. The van der Waals surface area contributed by atoms with Crippen molar-refractivity contribution in [2.75, 3.05) is 32.9 Å². The molecule has 2 rings (SSSR count). The molecule has 8 heteroatoms. The highest BCUT2D eigenvalue weighted by Gasteiger charge is 2.26. The van der Waals surface area contributed by atoms with Crippen molar-refractivity contribution in [3.8, 4) is 5.75 Å². The van der Waals surface area contributed by atoms with Gasteiger partial charge in [0.05, 0.1) is 6.04 Å². The van der Waals surface area contributed by atoms with Gasteiger partial charge >= 0.3 is 0 Å². The summed E-state index contributed by atoms with van der Waals surface area (Å²) in [5.41, 5.74) is 0.339. The zero-order valence-corrected chi connectivity index (χ0v) is 13.0. The van der Waals surface area contributed by atoms with E-state index in [1.54, 1.807) is 0 Å². The molecule has 0 saturated carbocycles. The fourth-order valence-electron chi connectivity index (χ4n) is 2.19. The Kier molecular flexibility index (Phi) is 8.70. The van der Waals surface area contributed by atoms with E-state index < -0.39 is 18.5 Å². The Morgan fingerprint density at radius 2 is 1.90 bits per heavy atom. The van der Waals surface area contributed by atoms with E-state index in [1.807, 2.05) is 4.90 Å². The Morgan fingerprint density at radius 1 is 1.30 bits per heavy atom. The molecule has 116 valence electrons. The molecule has 20 heavy (non-hydrogen) atoms. The first-order chi connectivity index (χ1) is 8.65. The summed E-state index contributed by atoms with van der Waals surface area (Å²) in [6.07, 6.45) is 0. The van der Waals surface area contributed by atoms with Gasteiger partial charge in [0, 0.05) is 31.7 Å². The summed E-state index contributed by atoms with van der Waals surface area (Å²) in [5, 5.41) is 12.7. The van der Waals surface area contributed by atoms with Gasteiger partial charge in [-0.25, -0.2) is 8.78 Å². The first kappa shape index (κ1) is 19.7. The molecule has 0 amide bonds. The van der Waals surface area contributed by atoms with Crippen molar-refractivity contribution >= 4 is 36.4 Å². The predicted octanol–water partition coefficient (Wildman–Crippen LogP) is 2.94. The third-order valence-electron chi connectivity index (χ3n) is 3.20. The van der Waals surface area contributed by atoms with Gasteiger partial charge in [-0.15, -0.1) is 24.8 Å². The van der Waals surface area contributed by atoms with Crippen molar-refractivity contribution in [3.05, 3.63) is 28.5 Å². The highest BCUT2D eigenvalue weighted by atomic mass is 35.5. The maximum Gasteiger partial charge on any atom is 0.145 e. The number of nitrogens with zero attached hydrogens (tertiary/aromatic N) is 1. The van der Waals surface area contributed by atoms with E-state index in [9.17, 15) is 13.9 Å². The minimum atomic E-state index is -0.698. The van der Waals surface area contributed by atoms with Crippen LogP contribution in [0.5, 0.6) is 5.75 Å². The SMILES string of the molecule is Cl.Cl.Oc1c([C@@H](CF)N2CCNCC2)ccc(F)c1Cl. The molecule has 1 saturated heterocycles. The molecule has 0 unspecified atom stereocenters. The lowest BCUT2D eigenvalue weighted by Crippen LogP contribution is -2.45. The fourth-order valence-corrected chi connectivity index (χ4v) is 2.37. The summed E-state index contributed by atoms with van der Waals surface area (Å²) < 4.78 is 26.4. The first-order valence-corrected chi connectivity index (χ1v) is 6.20. The van der Waals surface area contributed by atoms with Gasteiger partial charge in [-0.05, 0) is 6.07 Å². The van der Waals surface area contributed by atoms with Crippen LogP contribution in [0.1, 0.15) is 11.6 Å². The molecule has 0 bridgehead atoms. The Bertz CT molecular complexity index is 431. The molecule has 1 aromatic rings. The third kappa shape index (κ3) is 4.09. The van der Waals surface area contributed by atoms with Crippen LogP contribution in [0.2, 0.25) is 5.02 Å². The van der Waals surface area contributed by atoms with Crippen LogP contribution in [0.15, 0.2) is 12.1 Å².